The van der Waals surface area contributed by atoms with Crippen molar-refractivity contribution in [1.82, 2.24) is 0 Å². The Morgan fingerprint density at radius 3 is 2.61 bits per heavy atom. The molecule has 4 fully saturated rings. The predicted molar refractivity (Wildman–Crippen MR) is 149 cm³/mol. The Kier molecular flexibility index (Phi) is 5.31. The summed E-state index contributed by atoms with van der Waals surface area (Å²) in [6.07, 6.45) is 16.0. The maximum Gasteiger partial charge on any atom is 0.0649 e. The Bertz CT molecular complexity index is 1250. The van der Waals surface area contributed by atoms with E-state index in [2.05, 4.69) is 72.5 Å². The standard InChI is InChI=1S/C33H37NOS/c34-16-22-5-3-4-19-8-9-20(12-26(19)22)28-15-33-25-11-10-21(13-29(25)31(28)18-36-33)27-14-32-24-7-2-1-6-23(24)30(27)17-35-32/h1-2,6-13,22-24,27-28,30-33H,3-5,14-18,34H2. The minimum absolute atomic E-state index is 0.382. The lowest BCUT2D eigenvalue weighted by Gasteiger charge is -2.52. The second-order valence-corrected chi connectivity index (χ2v) is 13.5. The molecule has 0 amide bonds. The predicted octanol–water partition coefficient (Wildman–Crippen LogP) is 6.98. The maximum atomic E-state index is 6.30. The molecule has 2 aromatic rings. The molecule has 3 heteroatoms. The van der Waals surface area contributed by atoms with Gasteiger partial charge in [-0.15, -0.1) is 0 Å². The largest absolute Gasteiger partial charge is 0.377 e. The Morgan fingerprint density at radius 1 is 0.861 bits per heavy atom. The summed E-state index contributed by atoms with van der Waals surface area (Å²) in [4.78, 5) is 0. The number of hydrogen-bond donors (Lipinski definition) is 1. The molecule has 0 radical (unpaired) electrons. The first-order chi connectivity index (χ1) is 17.8. The first kappa shape index (κ1) is 22.2. The van der Waals surface area contributed by atoms with Gasteiger partial charge >= 0.3 is 0 Å². The highest BCUT2D eigenvalue weighted by Crippen LogP contribution is 2.59. The molecule has 1 saturated carbocycles. The van der Waals surface area contributed by atoms with Gasteiger partial charge in [0, 0.05) is 22.8 Å². The van der Waals surface area contributed by atoms with Crippen molar-refractivity contribution in [1.29, 1.82) is 0 Å². The lowest BCUT2D eigenvalue weighted by molar-refractivity contribution is -0.120. The number of benzene rings is 2. The molecule has 3 saturated heterocycles. The quantitative estimate of drug-likeness (QED) is 0.499. The minimum Gasteiger partial charge on any atom is -0.377 e. The first-order valence-corrected chi connectivity index (χ1v) is 15.4. The van der Waals surface area contributed by atoms with E-state index in [-0.39, 0.29) is 0 Å². The lowest BCUT2D eigenvalue weighted by Crippen LogP contribution is -2.50. The molecule has 0 spiro atoms. The van der Waals surface area contributed by atoms with Gasteiger partial charge in [-0.2, -0.15) is 11.8 Å². The fourth-order valence-electron chi connectivity index (χ4n) is 8.84. The van der Waals surface area contributed by atoms with Gasteiger partial charge in [0.1, 0.15) is 0 Å². The van der Waals surface area contributed by atoms with Gasteiger partial charge < -0.3 is 10.5 Å². The van der Waals surface area contributed by atoms with Crippen LogP contribution in [0.4, 0.5) is 0 Å². The molecule has 186 valence electrons. The number of ether oxygens (including phenoxy) is 1. The van der Waals surface area contributed by atoms with Crippen LogP contribution in [-0.4, -0.2) is 25.0 Å². The highest BCUT2D eigenvalue weighted by atomic mass is 32.2. The number of nitrogens with two attached hydrogens (primary N) is 1. The number of fused-ring (bicyclic) bond motifs is 5. The summed E-state index contributed by atoms with van der Waals surface area (Å²) in [7, 11) is 0. The van der Waals surface area contributed by atoms with E-state index in [1.165, 1.54) is 37.9 Å². The van der Waals surface area contributed by atoms with Crippen molar-refractivity contribution >= 4 is 11.8 Å². The Balaban J connectivity index is 1.13. The SMILES string of the molecule is NCC1CCCc2ccc(C3CC4SCC3c3cc(C5CC6OCC5C5C=CC=CC65)ccc34)cc21. The van der Waals surface area contributed by atoms with E-state index >= 15 is 0 Å². The molecule has 2 N–H and O–H groups in total. The minimum atomic E-state index is 0.382. The molecular weight excluding hydrogens is 458 g/mol. The summed E-state index contributed by atoms with van der Waals surface area (Å²) in [5, 5.41) is 0.646. The molecule has 36 heavy (non-hydrogen) atoms. The molecule has 4 bridgehead atoms. The van der Waals surface area contributed by atoms with Crippen molar-refractivity contribution < 1.29 is 4.74 Å². The van der Waals surface area contributed by atoms with E-state index in [4.69, 9.17) is 10.5 Å². The fraction of sp³-hybridized carbons (Fsp3) is 0.515. The van der Waals surface area contributed by atoms with Gasteiger partial charge in [0.2, 0.25) is 0 Å². The van der Waals surface area contributed by atoms with Crippen molar-refractivity contribution in [3.05, 3.63) is 94.1 Å². The van der Waals surface area contributed by atoms with Crippen LogP contribution in [0.25, 0.3) is 0 Å². The molecule has 4 aliphatic heterocycles. The van der Waals surface area contributed by atoms with Crippen LogP contribution in [0.1, 0.15) is 88.0 Å². The number of rotatable bonds is 3. The maximum absolute atomic E-state index is 6.30. The van der Waals surface area contributed by atoms with Crippen LogP contribution >= 0.6 is 11.8 Å². The normalized spacial score (nSPS) is 39.5. The zero-order valence-electron chi connectivity index (χ0n) is 21.0. The van der Waals surface area contributed by atoms with Gasteiger partial charge in [0.05, 0.1) is 12.7 Å². The third-order valence-corrected chi connectivity index (χ3v) is 12.1. The van der Waals surface area contributed by atoms with Gasteiger partial charge in [-0.25, -0.2) is 0 Å². The summed E-state index contributed by atoms with van der Waals surface area (Å²) >= 11 is 2.20. The van der Waals surface area contributed by atoms with Crippen molar-refractivity contribution in [3.8, 4) is 0 Å². The highest BCUT2D eigenvalue weighted by Gasteiger charge is 2.49. The van der Waals surface area contributed by atoms with Crippen LogP contribution in [0.5, 0.6) is 0 Å². The number of aryl methyl sites for hydroxylation is 1. The van der Waals surface area contributed by atoms with Gasteiger partial charge in [0.15, 0.2) is 0 Å². The Hall–Kier alpha value is -1.81. The van der Waals surface area contributed by atoms with E-state index in [0.717, 1.165) is 13.2 Å². The third-order valence-electron chi connectivity index (χ3n) is 10.7. The molecule has 4 heterocycles. The van der Waals surface area contributed by atoms with E-state index < -0.39 is 0 Å². The molecular formula is C33H37NOS. The first-order valence-electron chi connectivity index (χ1n) is 14.3. The van der Waals surface area contributed by atoms with Crippen molar-refractivity contribution in [3.63, 3.8) is 0 Å². The number of allylic oxidation sites excluding steroid dienone is 3. The number of hydrogen-bond acceptors (Lipinski definition) is 3. The summed E-state index contributed by atoms with van der Waals surface area (Å²) < 4.78 is 6.30. The van der Waals surface area contributed by atoms with Crippen LogP contribution in [0.15, 0.2) is 60.7 Å². The Morgan fingerprint density at radius 2 is 1.69 bits per heavy atom. The summed E-state index contributed by atoms with van der Waals surface area (Å²) in [6.45, 7) is 1.71. The van der Waals surface area contributed by atoms with Gasteiger partial charge in [0.25, 0.3) is 0 Å². The van der Waals surface area contributed by atoms with Crippen molar-refractivity contribution in [2.75, 3.05) is 18.9 Å². The van der Waals surface area contributed by atoms with Gasteiger partial charge in [-0.3, -0.25) is 0 Å². The molecule has 0 aromatic heterocycles. The average molecular weight is 496 g/mol. The number of thioether (sulfide) groups is 1. The summed E-state index contributed by atoms with van der Waals surface area (Å²) in [6, 6.07) is 15.1. The van der Waals surface area contributed by atoms with Gasteiger partial charge in [-0.1, -0.05) is 60.7 Å². The average Bonchev–Trinajstić information content (AvgIpc) is 2.97. The third kappa shape index (κ3) is 3.32. The zero-order chi connectivity index (χ0) is 23.8. The van der Waals surface area contributed by atoms with Crippen molar-refractivity contribution in [2.45, 2.75) is 67.1 Å². The molecule has 10 rings (SSSR count). The molecule has 4 aliphatic carbocycles. The second-order valence-electron chi connectivity index (χ2n) is 12.2. The molecule has 8 aliphatic rings. The molecule has 2 aromatic carbocycles. The summed E-state index contributed by atoms with van der Waals surface area (Å²) in [5.41, 5.74) is 15.8. The van der Waals surface area contributed by atoms with E-state index in [9.17, 15) is 0 Å². The van der Waals surface area contributed by atoms with Gasteiger partial charge in [-0.05, 0) is 102 Å². The summed E-state index contributed by atoms with van der Waals surface area (Å²) in [5.74, 6) is 5.57. The van der Waals surface area contributed by atoms with Crippen LogP contribution in [0, 0.1) is 17.8 Å². The molecule has 2 nitrogen and oxygen atoms in total. The van der Waals surface area contributed by atoms with Crippen LogP contribution in [0.2, 0.25) is 0 Å². The second kappa shape index (κ2) is 8.61. The smallest absolute Gasteiger partial charge is 0.0649 e. The van der Waals surface area contributed by atoms with Crippen molar-refractivity contribution in [2.24, 2.45) is 23.5 Å². The zero-order valence-corrected chi connectivity index (χ0v) is 21.8. The van der Waals surface area contributed by atoms with E-state index in [1.807, 2.05) is 0 Å². The van der Waals surface area contributed by atoms with Crippen LogP contribution < -0.4 is 5.73 Å². The van der Waals surface area contributed by atoms with E-state index in [0.29, 0.717) is 52.8 Å². The molecule has 9 atom stereocenters. The monoisotopic (exact) mass is 495 g/mol. The Labute approximate surface area is 219 Å². The fourth-order valence-corrected chi connectivity index (χ4v) is 10.4. The van der Waals surface area contributed by atoms with Crippen LogP contribution in [-0.2, 0) is 11.2 Å². The van der Waals surface area contributed by atoms with Crippen LogP contribution in [0.3, 0.4) is 0 Å². The molecule has 9 unspecified atom stereocenters. The highest BCUT2D eigenvalue weighted by molar-refractivity contribution is 7.99. The van der Waals surface area contributed by atoms with E-state index in [1.54, 1.807) is 33.4 Å². The topological polar surface area (TPSA) is 35.2 Å². The lowest BCUT2D eigenvalue weighted by atomic mass is 9.60.